The fourth-order valence-electron chi connectivity index (χ4n) is 3.53. The molecule has 0 radical (unpaired) electrons. The average molecular weight is 499 g/mol. The van der Waals surface area contributed by atoms with Gasteiger partial charge in [-0.15, -0.1) is 0 Å². The number of hydrogen-bond donors (Lipinski definition) is 2. The lowest BCUT2D eigenvalue weighted by atomic mass is 10.2. The number of methoxy groups -OCH3 is 1. The Balaban J connectivity index is 1.89. The first-order valence-corrected chi connectivity index (χ1v) is 11.1. The highest BCUT2D eigenvalue weighted by Gasteiger charge is 2.26. The van der Waals surface area contributed by atoms with E-state index in [4.69, 9.17) is 15.2 Å². The molecule has 1 amide bonds. The number of hydrogen-bond acceptors (Lipinski definition) is 7. The van der Waals surface area contributed by atoms with E-state index in [1.54, 1.807) is 24.3 Å². The minimum absolute atomic E-state index is 0.0499. The van der Waals surface area contributed by atoms with Crippen LogP contribution in [-0.4, -0.2) is 41.7 Å². The zero-order chi connectivity index (χ0) is 26.4. The third-order valence-corrected chi connectivity index (χ3v) is 5.23. The van der Waals surface area contributed by atoms with Gasteiger partial charge in [-0.1, -0.05) is 44.2 Å². The van der Waals surface area contributed by atoms with Crippen LogP contribution in [0.4, 0.5) is 15.9 Å². The highest BCUT2D eigenvalue weighted by atomic mass is 19.1. The van der Waals surface area contributed by atoms with E-state index in [1.807, 2.05) is 19.9 Å². The number of H-pyrrole nitrogens is 1. The number of rotatable bonds is 9. The van der Waals surface area contributed by atoms with Crippen LogP contribution in [0.25, 0.3) is 0 Å². The molecular weight excluding hydrogens is 471 g/mol. The van der Waals surface area contributed by atoms with Gasteiger partial charge in [-0.05, 0) is 29.7 Å². The molecule has 0 unspecified atom stereocenters. The Morgan fingerprint density at radius 1 is 1.14 bits per heavy atom. The van der Waals surface area contributed by atoms with Gasteiger partial charge in [0.15, 0.2) is 23.9 Å². The molecule has 11 heteroatoms. The Labute approximate surface area is 206 Å². The summed E-state index contributed by atoms with van der Waals surface area (Å²) in [6.07, 6.45) is 0. The number of anilines is 2. The number of nitrogens with zero attached hydrogens (tertiary/aromatic N) is 2. The van der Waals surface area contributed by atoms with Gasteiger partial charge in [0.05, 0.1) is 19.2 Å². The van der Waals surface area contributed by atoms with E-state index in [-0.39, 0.29) is 41.8 Å². The molecule has 0 spiro atoms. The van der Waals surface area contributed by atoms with Crippen molar-refractivity contribution in [1.29, 1.82) is 0 Å². The van der Waals surface area contributed by atoms with E-state index in [2.05, 4.69) is 4.98 Å². The predicted octanol–water partition coefficient (Wildman–Crippen LogP) is 2.16. The number of amides is 1. The van der Waals surface area contributed by atoms with Crippen molar-refractivity contribution in [3.63, 3.8) is 0 Å². The quantitative estimate of drug-likeness (QED) is 0.432. The molecule has 3 N–H and O–H groups in total. The van der Waals surface area contributed by atoms with E-state index >= 15 is 0 Å². The molecule has 0 saturated heterocycles. The van der Waals surface area contributed by atoms with Gasteiger partial charge >= 0.3 is 11.7 Å². The number of benzene rings is 2. The maximum atomic E-state index is 13.9. The lowest BCUT2D eigenvalue weighted by Gasteiger charge is -2.26. The third-order valence-electron chi connectivity index (χ3n) is 5.23. The lowest BCUT2D eigenvalue weighted by molar-refractivity contribution is -0.121. The topological polar surface area (TPSA) is 137 Å². The minimum Gasteiger partial charge on any atom is -0.494 e. The molecule has 0 bridgehead atoms. The Morgan fingerprint density at radius 2 is 1.83 bits per heavy atom. The molecule has 36 heavy (non-hydrogen) atoms. The number of carbonyl (C=O) groups excluding carboxylic acids is 2. The Hall–Kier alpha value is -4.41. The van der Waals surface area contributed by atoms with E-state index in [1.165, 1.54) is 19.2 Å². The maximum Gasteiger partial charge on any atom is 0.338 e. The molecule has 0 atom stereocenters. The second-order valence-corrected chi connectivity index (χ2v) is 8.39. The van der Waals surface area contributed by atoms with Crippen LogP contribution in [0.2, 0.25) is 0 Å². The molecule has 0 aliphatic heterocycles. The number of ether oxygens (including phenoxy) is 2. The fourth-order valence-corrected chi connectivity index (χ4v) is 3.53. The number of nitrogens with two attached hydrogens (primary N) is 1. The van der Waals surface area contributed by atoms with Crippen LogP contribution in [-0.2, 0) is 16.1 Å². The van der Waals surface area contributed by atoms with E-state index in [9.17, 15) is 23.6 Å². The molecule has 0 fully saturated rings. The molecule has 3 rings (SSSR count). The Bertz CT molecular complexity index is 1370. The highest BCUT2D eigenvalue weighted by molar-refractivity contribution is 5.98. The maximum absolute atomic E-state index is 13.9. The second-order valence-electron chi connectivity index (χ2n) is 8.39. The normalized spacial score (nSPS) is 10.8. The van der Waals surface area contributed by atoms with Gasteiger partial charge in [0, 0.05) is 6.54 Å². The number of esters is 1. The first kappa shape index (κ1) is 26.2. The summed E-state index contributed by atoms with van der Waals surface area (Å²) in [7, 11) is 1.29. The SMILES string of the molecule is COc1ccc(C(=O)OCC(=O)N(CC(C)C)c2c(N)n(Cc3ccccc3)c(=O)[nH]c2=O)cc1F. The first-order chi connectivity index (χ1) is 17.1. The summed E-state index contributed by atoms with van der Waals surface area (Å²) < 4.78 is 25.0. The van der Waals surface area contributed by atoms with Crippen molar-refractivity contribution in [2.24, 2.45) is 5.92 Å². The largest absolute Gasteiger partial charge is 0.494 e. The summed E-state index contributed by atoms with van der Waals surface area (Å²) in [5.74, 6) is -2.80. The number of aromatic amines is 1. The first-order valence-electron chi connectivity index (χ1n) is 11.1. The number of halogens is 1. The van der Waals surface area contributed by atoms with Crippen molar-refractivity contribution in [2.75, 3.05) is 30.9 Å². The molecule has 190 valence electrons. The lowest BCUT2D eigenvalue weighted by Crippen LogP contribution is -2.44. The number of carbonyl (C=O) groups is 2. The van der Waals surface area contributed by atoms with Gasteiger partial charge in [-0.2, -0.15) is 0 Å². The molecule has 1 aromatic heterocycles. The average Bonchev–Trinajstić information content (AvgIpc) is 2.84. The molecule has 0 aliphatic rings. The van der Waals surface area contributed by atoms with Gasteiger partial charge in [-0.3, -0.25) is 19.1 Å². The zero-order valence-corrected chi connectivity index (χ0v) is 20.1. The summed E-state index contributed by atoms with van der Waals surface area (Å²) in [4.78, 5) is 54.0. The number of aromatic nitrogens is 2. The van der Waals surface area contributed by atoms with E-state index in [0.29, 0.717) is 0 Å². The van der Waals surface area contributed by atoms with Gasteiger partial charge in [0.2, 0.25) is 0 Å². The van der Waals surface area contributed by atoms with Crippen LogP contribution in [0.15, 0.2) is 58.1 Å². The Morgan fingerprint density at radius 3 is 2.44 bits per heavy atom. The summed E-state index contributed by atoms with van der Waals surface area (Å²) in [6, 6.07) is 12.5. The number of nitrogen functional groups attached to an aromatic ring is 1. The monoisotopic (exact) mass is 498 g/mol. The van der Waals surface area contributed by atoms with Crippen molar-refractivity contribution >= 4 is 23.4 Å². The third kappa shape index (κ3) is 5.98. The van der Waals surface area contributed by atoms with Crippen LogP contribution >= 0.6 is 0 Å². The van der Waals surface area contributed by atoms with Crippen molar-refractivity contribution < 1.29 is 23.5 Å². The minimum atomic E-state index is -0.940. The van der Waals surface area contributed by atoms with Crippen LogP contribution in [0, 0.1) is 11.7 Å². The van der Waals surface area contributed by atoms with E-state index in [0.717, 1.165) is 21.1 Å². The van der Waals surface area contributed by atoms with Crippen LogP contribution in [0.5, 0.6) is 5.75 Å². The van der Waals surface area contributed by atoms with Gasteiger partial charge in [0.1, 0.15) is 5.82 Å². The summed E-state index contributed by atoms with van der Waals surface area (Å²) in [5, 5.41) is 0. The zero-order valence-electron chi connectivity index (χ0n) is 20.1. The van der Waals surface area contributed by atoms with Crippen LogP contribution in [0.3, 0.4) is 0 Å². The van der Waals surface area contributed by atoms with Gasteiger partial charge in [0.25, 0.3) is 11.5 Å². The van der Waals surface area contributed by atoms with Crippen molar-refractivity contribution in [1.82, 2.24) is 9.55 Å². The van der Waals surface area contributed by atoms with Crippen molar-refractivity contribution in [3.8, 4) is 5.75 Å². The van der Waals surface area contributed by atoms with Gasteiger partial charge in [-0.25, -0.2) is 14.0 Å². The summed E-state index contributed by atoms with van der Waals surface area (Å²) in [5.41, 5.74) is 5.06. The molecule has 2 aromatic carbocycles. The molecule has 0 aliphatic carbocycles. The highest BCUT2D eigenvalue weighted by Crippen LogP contribution is 2.21. The van der Waals surface area contributed by atoms with Crippen molar-refractivity contribution in [3.05, 3.63) is 86.3 Å². The molecule has 10 nitrogen and oxygen atoms in total. The molecule has 3 aromatic rings. The standard InChI is InChI=1S/C25H27FN4O6/c1-15(2)12-29(20(31)14-36-24(33)17-9-10-19(35-3)18(26)11-17)21-22(27)30(25(34)28-23(21)32)13-16-7-5-4-6-8-16/h4-11,15H,12-14,27H2,1-3H3,(H,28,32,34). The second kappa shape index (κ2) is 11.3. The van der Waals surface area contributed by atoms with Crippen LogP contribution in [0.1, 0.15) is 29.8 Å². The van der Waals surface area contributed by atoms with Gasteiger partial charge < -0.3 is 20.1 Å². The Kier molecular flexibility index (Phi) is 8.26. The molecular formula is C25H27FN4O6. The summed E-state index contributed by atoms with van der Waals surface area (Å²) >= 11 is 0. The van der Waals surface area contributed by atoms with Crippen molar-refractivity contribution in [2.45, 2.75) is 20.4 Å². The molecule has 1 heterocycles. The van der Waals surface area contributed by atoms with Crippen LogP contribution < -0.4 is 26.6 Å². The predicted molar refractivity (Wildman–Crippen MR) is 132 cm³/mol. The molecule has 0 saturated carbocycles. The number of nitrogens with one attached hydrogen (secondary N) is 1. The van der Waals surface area contributed by atoms with E-state index < -0.39 is 35.5 Å². The smallest absolute Gasteiger partial charge is 0.338 e. The summed E-state index contributed by atoms with van der Waals surface area (Å²) in [6.45, 7) is 3.02. The fraction of sp³-hybridized carbons (Fsp3) is 0.280.